The molecule has 0 unspecified atom stereocenters. The predicted molar refractivity (Wildman–Crippen MR) is 135 cm³/mol. The SMILES string of the molecule is Cc1cc2cc(/C(C#Cc3ccc(C)s3)=C/COc3ccc(OCC(=O)O)c(C)c3)ccc2o1. The molecule has 34 heavy (non-hydrogen) atoms. The van der Waals surface area contributed by atoms with Crippen LogP contribution in [-0.2, 0) is 4.79 Å². The van der Waals surface area contributed by atoms with E-state index in [0.29, 0.717) is 18.1 Å². The fourth-order valence-electron chi connectivity index (χ4n) is 3.45. The van der Waals surface area contributed by atoms with Gasteiger partial charge in [0.15, 0.2) is 6.61 Å². The van der Waals surface area contributed by atoms with Gasteiger partial charge in [0.05, 0.1) is 4.88 Å². The molecule has 0 aliphatic rings. The Balaban J connectivity index is 1.56. The Labute approximate surface area is 202 Å². The number of rotatable bonds is 7. The standard InChI is InChI=1S/C28H24O5S/c1-18-14-24(7-11-26(18)32-17-28(29)30)31-13-12-21(5-9-25-8-4-20(3)34-25)22-6-10-27-23(16-22)15-19(2)33-27/h4,6-8,10-12,14-16H,13,17H2,1-3H3,(H,29,30)/b21-12+. The summed E-state index contributed by atoms with van der Waals surface area (Å²) in [6.45, 7) is 5.79. The topological polar surface area (TPSA) is 68.9 Å². The van der Waals surface area contributed by atoms with E-state index in [0.717, 1.165) is 38.3 Å². The van der Waals surface area contributed by atoms with Gasteiger partial charge in [-0.2, -0.15) is 0 Å². The molecule has 2 heterocycles. The van der Waals surface area contributed by atoms with E-state index < -0.39 is 5.97 Å². The molecule has 2 aromatic carbocycles. The van der Waals surface area contributed by atoms with Crippen molar-refractivity contribution in [1.82, 2.24) is 0 Å². The summed E-state index contributed by atoms with van der Waals surface area (Å²) in [5.41, 5.74) is 3.51. The van der Waals surface area contributed by atoms with Gasteiger partial charge in [-0.3, -0.25) is 0 Å². The van der Waals surface area contributed by atoms with E-state index in [4.69, 9.17) is 19.0 Å². The average molecular weight is 473 g/mol. The lowest BCUT2D eigenvalue weighted by atomic mass is 10.0. The zero-order valence-corrected chi connectivity index (χ0v) is 20.0. The summed E-state index contributed by atoms with van der Waals surface area (Å²) < 4.78 is 16.9. The molecule has 0 saturated heterocycles. The van der Waals surface area contributed by atoms with Crippen LogP contribution in [0.15, 0.2) is 65.1 Å². The third-order valence-electron chi connectivity index (χ3n) is 5.05. The number of benzene rings is 2. The number of aliphatic carboxylic acids is 1. The van der Waals surface area contributed by atoms with Gasteiger partial charge >= 0.3 is 5.97 Å². The van der Waals surface area contributed by atoms with Crippen molar-refractivity contribution >= 4 is 33.8 Å². The zero-order valence-electron chi connectivity index (χ0n) is 19.2. The molecule has 0 aliphatic carbocycles. The van der Waals surface area contributed by atoms with Crippen LogP contribution in [0, 0.1) is 32.6 Å². The first-order valence-electron chi connectivity index (χ1n) is 10.7. The van der Waals surface area contributed by atoms with Gasteiger partial charge in [-0.25, -0.2) is 4.79 Å². The Bertz CT molecular complexity index is 1430. The fraction of sp³-hybridized carbons (Fsp3) is 0.179. The maximum Gasteiger partial charge on any atom is 0.341 e. The van der Waals surface area contributed by atoms with Crippen molar-refractivity contribution in [2.45, 2.75) is 20.8 Å². The highest BCUT2D eigenvalue weighted by molar-refractivity contribution is 7.12. The summed E-state index contributed by atoms with van der Waals surface area (Å²) in [7, 11) is 0. The molecule has 0 aliphatic heterocycles. The third-order valence-corrected chi connectivity index (χ3v) is 5.96. The van der Waals surface area contributed by atoms with E-state index in [-0.39, 0.29) is 6.61 Å². The van der Waals surface area contributed by atoms with E-state index in [2.05, 4.69) is 30.9 Å². The minimum atomic E-state index is -1.01. The number of carboxylic acids is 1. The van der Waals surface area contributed by atoms with Crippen molar-refractivity contribution in [1.29, 1.82) is 0 Å². The number of furan rings is 1. The van der Waals surface area contributed by atoms with Gasteiger partial charge < -0.3 is 19.0 Å². The highest BCUT2D eigenvalue weighted by Gasteiger charge is 2.07. The van der Waals surface area contributed by atoms with Crippen molar-refractivity contribution in [3.63, 3.8) is 0 Å². The van der Waals surface area contributed by atoms with E-state index in [1.54, 1.807) is 23.5 Å². The van der Waals surface area contributed by atoms with Gasteiger partial charge in [0.2, 0.25) is 0 Å². The molecular weight excluding hydrogens is 448 g/mol. The van der Waals surface area contributed by atoms with Crippen LogP contribution in [0.5, 0.6) is 11.5 Å². The van der Waals surface area contributed by atoms with Crippen molar-refractivity contribution < 1.29 is 23.8 Å². The Hall–Kier alpha value is -3.95. The lowest BCUT2D eigenvalue weighted by Crippen LogP contribution is -2.10. The Morgan fingerprint density at radius 1 is 1.06 bits per heavy atom. The van der Waals surface area contributed by atoms with E-state index in [9.17, 15) is 4.79 Å². The van der Waals surface area contributed by atoms with Crippen molar-refractivity contribution in [2.75, 3.05) is 13.2 Å². The third kappa shape index (κ3) is 5.89. The van der Waals surface area contributed by atoms with Crippen LogP contribution < -0.4 is 9.47 Å². The molecule has 0 fully saturated rings. The van der Waals surface area contributed by atoms with Crippen molar-refractivity contribution in [3.05, 3.63) is 87.3 Å². The number of aryl methyl sites for hydroxylation is 3. The maximum absolute atomic E-state index is 10.7. The summed E-state index contributed by atoms with van der Waals surface area (Å²) >= 11 is 1.66. The van der Waals surface area contributed by atoms with Gasteiger partial charge in [-0.1, -0.05) is 11.8 Å². The Morgan fingerprint density at radius 3 is 2.65 bits per heavy atom. The van der Waals surface area contributed by atoms with Crippen LogP contribution in [0.1, 0.15) is 26.6 Å². The van der Waals surface area contributed by atoms with Crippen LogP contribution in [-0.4, -0.2) is 24.3 Å². The number of ether oxygens (including phenoxy) is 2. The normalized spacial score (nSPS) is 11.2. The molecule has 0 bridgehead atoms. The summed E-state index contributed by atoms with van der Waals surface area (Å²) in [6, 6.07) is 17.4. The molecule has 0 radical (unpaired) electrons. The molecule has 5 nitrogen and oxygen atoms in total. The lowest BCUT2D eigenvalue weighted by molar-refractivity contribution is -0.139. The van der Waals surface area contributed by atoms with Gasteiger partial charge in [0.25, 0.3) is 0 Å². The van der Waals surface area contributed by atoms with Crippen LogP contribution >= 0.6 is 11.3 Å². The molecule has 2 aromatic heterocycles. The van der Waals surface area contributed by atoms with Crippen molar-refractivity contribution in [3.8, 4) is 23.3 Å². The average Bonchev–Trinajstić information content (AvgIpc) is 3.38. The van der Waals surface area contributed by atoms with E-state index in [1.807, 2.05) is 50.3 Å². The smallest absolute Gasteiger partial charge is 0.341 e. The van der Waals surface area contributed by atoms with Crippen LogP contribution in [0.3, 0.4) is 0 Å². The van der Waals surface area contributed by atoms with Gasteiger partial charge in [0.1, 0.15) is 29.4 Å². The summed E-state index contributed by atoms with van der Waals surface area (Å²) in [5, 5.41) is 9.82. The largest absolute Gasteiger partial charge is 0.489 e. The number of carboxylic acid groups (broad SMARTS) is 1. The highest BCUT2D eigenvalue weighted by atomic mass is 32.1. The fourth-order valence-corrected chi connectivity index (χ4v) is 4.17. The molecule has 1 N–H and O–H groups in total. The predicted octanol–water partition coefficient (Wildman–Crippen LogP) is 6.40. The monoisotopic (exact) mass is 472 g/mol. The second kappa shape index (κ2) is 10.3. The summed E-state index contributed by atoms with van der Waals surface area (Å²) in [5.74, 6) is 7.61. The lowest BCUT2D eigenvalue weighted by Gasteiger charge is -2.10. The number of thiophene rings is 1. The minimum absolute atomic E-state index is 0.324. The first-order chi connectivity index (χ1) is 16.4. The first kappa shape index (κ1) is 23.2. The second-order valence-electron chi connectivity index (χ2n) is 7.81. The van der Waals surface area contributed by atoms with Crippen molar-refractivity contribution in [2.24, 2.45) is 0 Å². The molecule has 172 valence electrons. The summed E-state index contributed by atoms with van der Waals surface area (Å²) in [4.78, 5) is 13.0. The van der Waals surface area contributed by atoms with Gasteiger partial charge in [0, 0.05) is 15.8 Å². The zero-order chi connectivity index (χ0) is 24.1. The van der Waals surface area contributed by atoms with Gasteiger partial charge in [-0.05, 0) is 92.6 Å². The second-order valence-corrected chi connectivity index (χ2v) is 9.10. The molecule has 0 saturated carbocycles. The quantitative estimate of drug-likeness (QED) is 0.315. The number of allylic oxidation sites excluding steroid dienone is 1. The number of hydrogen-bond acceptors (Lipinski definition) is 5. The van der Waals surface area contributed by atoms with Crippen LogP contribution in [0.4, 0.5) is 0 Å². The maximum atomic E-state index is 10.7. The molecule has 4 aromatic rings. The Kier molecular flexibility index (Phi) is 7.05. The first-order valence-corrected chi connectivity index (χ1v) is 11.6. The number of carbonyl (C=O) groups is 1. The molecule has 6 heteroatoms. The minimum Gasteiger partial charge on any atom is -0.489 e. The highest BCUT2D eigenvalue weighted by Crippen LogP contribution is 2.26. The van der Waals surface area contributed by atoms with E-state index in [1.165, 1.54) is 4.88 Å². The molecular formula is C28H24O5S. The summed E-state index contributed by atoms with van der Waals surface area (Å²) in [6.07, 6.45) is 1.96. The van der Waals surface area contributed by atoms with E-state index >= 15 is 0 Å². The molecule has 0 amide bonds. The molecule has 0 spiro atoms. The van der Waals surface area contributed by atoms with Gasteiger partial charge in [-0.15, -0.1) is 11.3 Å². The van der Waals surface area contributed by atoms with Crippen LogP contribution in [0.2, 0.25) is 0 Å². The number of hydrogen-bond donors (Lipinski definition) is 1. The van der Waals surface area contributed by atoms with Crippen LogP contribution in [0.25, 0.3) is 16.5 Å². The Morgan fingerprint density at radius 2 is 1.91 bits per heavy atom. The molecule has 4 rings (SSSR count). The molecule has 0 atom stereocenters. The number of fused-ring (bicyclic) bond motifs is 1.